The molecule has 8 unspecified atom stereocenters. The van der Waals surface area contributed by atoms with Crippen molar-refractivity contribution in [1.82, 2.24) is 0 Å². The summed E-state index contributed by atoms with van der Waals surface area (Å²) in [4.78, 5) is 0. The number of ether oxygens (including phenoxy) is 16. The van der Waals surface area contributed by atoms with Crippen molar-refractivity contribution < 1.29 is 142 Å². The average molecular weight is 1920 g/mol. The maximum absolute atomic E-state index is 8.90. The molecule has 48 heteroatoms. The van der Waals surface area contributed by atoms with Gasteiger partial charge in [-0.1, -0.05) is 0 Å². The van der Waals surface area contributed by atoms with E-state index < -0.39 is 137 Å². The van der Waals surface area contributed by atoms with Crippen LogP contribution in [0.2, 0.25) is 176 Å². The topological polar surface area (TPSA) is 322 Å². The molecule has 14 heterocycles. The van der Waals surface area contributed by atoms with Gasteiger partial charge in [0.1, 0.15) is 48.8 Å². The number of rotatable bonds is 64. The van der Waals surface area contributed by atoms with Gasteiger partial charge in [0.05, 0.1) is 128 Å². The lowest BCUT2D eigenvalue weighted by atomic mass is 10.5. The lowest BCUT2D eigenvalue weighted by Crippen LogP contribution is -2.90. The molecule has 14 aliphatic rings. The zero-order valence-electron chi connectivity index (χ0n) is 72.8. The van der Waals surface area contributed by atoms with Crippen molar-refractivity contribution in [2.75, 3.05) is 159 Å². The van der Waals surface area contributed by atoms with Crippen molar-refractivity contribution in [3.05, 3.63) is 0 Å². The third-order valence-corrected chi connectivity index (χ3v) is 95.7. The van der Waals surface area contributed by atoms with E-state index in [1.54, 1.807) is 0 Å². The largest absolute Gasteiger partial charge is 0.480 e. The Kier molecular flexibility index (Phi) is 33.3. The van der Waals surface area contributed by atoms with Crippen molar-refractivity contribution in [3.63, 3.8) is 0 Å². The lowest BCUT2D eigenvalue weighted by molar-refractivity contribution is 0.0348. The molecule has 0 amide bonds. The highest BCUT2D eigenvalue weighted by molar-refractivity contribution is 7.13. The van der Waals surface area contributed by atoms with Gasteiger partial charge in [0.25, 0.3) is 0 Å². The van der Waals surface area contributed by atoms with Crippen LogP contribution in [0, 0.1) is 0 Å². The number of epoxide rings is 8. The molecule has 8 atom stereocenters. The SMILES string of the molecule is C[Si](C)(CCCOCC1CO1)O[Si]12C[Si]3(O[Si](C)(C)CCCOCC4CO4)O[Si]4(O[Si](C)(C)CCCOCC5CO5)C[Si]5(O[Si](C)(C)CCCOCC6CO6)O[Si](O[Si](C)(C)CCCOCC6CO6)(C[Si](O[Si](C)(C)CCCOCC6CO6)(O1)O4)O[Si](O[Si](C)(C)CCCOCC1CO1)(C[Si](O[Si](C)(C)CCCOCC1CO1)(O3)O5)O2. The maximum Gasteiger partial charge on any atom is 0.480 e. The summed E-state index contributed by atoms with van der Waals surface area (Å²) in [5, 5.41) is 0. The predicted octanol–water partition coefficient (Wildman–Crippen LogP) is 10.1. The molecule has 0 saturated carbocycles. The van der Waals surface area contributed by atoms with E-state index >= 15 is 0 Å². The average Bonchev–Trinajstić information content (AvgIpc) is 1.64. The highest BCUT2D eigenvalue weighted by atomic mass is 28.6. The molecular formula is C68H144O32Si16. The minimum Gasteiger partial charge on any atom is -0.416 e. The zero-order chi connectivity index (χ0) is 82.4. The first kappa shape index (κ1) is 95.8. The van der Waals surface area contributed by atoms with E-state index in [9.17, 15) is 0 Å². The quantitative estimate of drug-likeness (QED) is 0.0310. The monoisotopic (exact) mass is 1920 g/mol. The third-order valence-electron chi connectivity index (χ3n) is 21.9. The van der Waals surface area contributed by atoms with Crippen molar-refractivity contribution in [1.29, 1.82) is 0 Å². The van der Waals surface area contributed by atoms with Gasteiger partial charge in [0.2, 0.25) is 0 Å². The highest BCUT2D eigenvalue weighted by Gasteiger charge is 2.87. The second-order valence-corrected chi connectivity index (χ2v) is 101. The molecule has 0 aliphatic carbocycles. The Morgan fingerprint density at radius 3 is 0.388 bits per heavy atom. The third kappa shape index (κ3) is 32.4. The summed E-state index contributed by atoms with van der Waals surface area (Å²) in [6, 6.07) is 5.25. The van der Waals surface area contributed by atoms with Crippen molar-refractivity contribution >= 4 is 137 Å². The molecule has 14 saturated heterocycles. The zero-order valence-corrected chi connectivity index (χ0v) is 88.8. The van der Waals surface area contributed by atoms with Gasteiger partial charge in [0.15, 0.2) is 66.5 Å². The van der Waals surface area contributed by atoms with E-state index in [1.165, 1.54) is 0 Å². The van der Waals surface area contributed by atoms with Gasteiger partial charge in [0, 0.05) is 52.9 Å². The number of hydrogen-bond acceptors (Lipinski definition) is 32. The first-order valence-electron chi connectivity index (χ1n) is 43.5. The van der Waals surface area contributed by atoms with Gasteiger partial charge in [-0.25, -0.2) is 0 Å². The molecule has 14 fully saturated rings. The first-order chi connectivity index (χ1) is 54.8. The molecule has 116 heavy (non-hydrogen) atoms. The van der Waals surface area contributed by atoms with Gasteiger partial charge < -0.3 is 142 Å². The van der Waals surface area contributed by atoms with E-state index in [1.807, 2.05) is 0 Å². The molecular weight excluding hydrogens is 1780 g/mol. The second kappa shape index (κ2) is 40.3. The van der Waals surface area contributed by atoms with Gasteiger partial charge in [-0.15, -0.1) is 0 Å². The summed E-state index contributed by atoms with van der Waals surface area (Å²) in [6.07, 6.45) is 6.41. The van der Waals surface area contributed by atoms with Crippen LogP contribution in [-0.2, 0) is 142 Å². The molecule has 32 nitrogen and oxygen atoms in total. The Morgan fingerprint density at radius 1 is 0.190 bits per heavy atom. The van der Waals surface area contributed by atoms with Gasteiger partial charge >= 0.3 is 70.4 Å². The van der Waals surface area contributed by atoms with E-state index in [4.69, 9.17) is 142 Å². The summed E-state index contributed by atoms with van der Waals surface area (Å²) in [7, 11) is -63.7. The predicted molar refractivity (Wildman–Crippen MR) is 462 cm³/mol. The van der Waals surface area contributed by atoms with Crippen LogP contribution < -0.4 is 0 Å². The fourth-order valence-corrected chi connectivity index (χ4v) is 113. The first-order valence-corrected chi connectivity index (χ1v) is 83.9. The Bertz CT molecular complexity index is 2410. The van der Waals surface area contributed by atoms with Crippen LogP contribution >= 0.6 is 0 Å². The normalized spacial score (nSPS) is 35.2. The molecule has 14 rings (SSSR count). The summed E-state index contributed by atoms with van der Waals surface area (Å²) in [5.74, 6) is 0. The Hall–Kier alpha value is 2.19. The Labute approximate surface area is 708 Å². The molecule has 0 aromatic heterocycles. The van der Waals surface area contributed by atoms with Crippen molar-refractivity contribution in [2.45, 2.75) is 276 Å². The summed E-state index contributed by atoms with van der Waals surface area (Å²) in [5.41, 5.74) is -0.386. The van der Waals surface area contributed by atoms with Crippen LogP contribution in [0.3, 0.4) is 0 Å². The second-order valence-electron chi connectivity index (χ2n) is 39.0. The molecule has 14 aliphatic heterocycles. The molecule has 0 radical (unpaired) electrons. The fraction of sp³-hybridized carbons (Fsp3) is 1.00. The van der Waals surface area contributed by atoms with Crippen LogP contribution in [0.15, 0.2) is 0 Å². The van der Waals surface area contributed by atoms with Crippen LogP contribution in [0.4, 0.5) is 0 Å². The number of hydrogen-bond donors (Lipinski definition) is 0. The lowest BCUT2D eigenvalue weighted by Gasteiger charge is -2.64. The van der Waals surface area contributed by atoms with Gasteiger partial charge in [-0.2, -0.15) is 0 Å². The van der Waals surface area contributed by atoms with Gasteiger partial charge in [-0.05, 0) is 204 Å². The molecule has 0 N–H and O–H groups in total. The van der Waals surface area contributed by atoms with E-state index in [0.29, 0.717) is 258 Å². The molecule has 8 bridgehead atoms. The van der Waals surface area contributed by atoms with Crippen LogP contribution in [0.5, 0.6) is 0 Å². The molecule has 672 valence electrons. The Morgan fingerprint density at radius 2 is 0.293 bits per heavy atom. The minimum absolute atomic E-state index is 0.0966. The molecule has 0 aromatic carbocycles. The summed E-state index contributed by atoms with van der Waals surface area (Å²) < 4.78 is 234. The fourth-order valence-electron chi connectivity index (χ4n) is 15.9. The van der Waals surface area contributed by atoms with Crippen LogP contribution in [0.1, 0.15) is 51.4 Å². The van der Waals surface area contributed by atoms with Crippen molar-refractivity contribution in [3.8, 4) is 0 Å². The van der Waals surface area contributed by atoms with Crippen LogP contribution in [0.25, 0.3) is 0 Å². The molecule has 0 aromatic rings. The minimum atomic E-state index is -4.82. The maximum atomic E-state index is 8.90. The smallest absolute Gasteiger partial charge is 0.416 e. The summed E-state index contributed by atoms with van der Waals surface area (Å²) >= 11 is 0. The van der Waals surface area contributed by atoms with Crippen molar-refractivity contribution in [2.24, 2.45) is 0 Å². The van der Waals surface area contributed by atoms with Crippen LogP contribution in [-0.4, -0.2) is 344 Å². The van der Waals surface area contributed by atoms with E-state index in [0.717, 1.165) is 0 Å². The standard InChI is InChI=1S/C68H144O32Si16/c1-101(2,33-17-25-69-41-61-49-77-61)85-109-57-110(86-102(3,4)34-18-26-70-42-62-50-78-62)94-113(89-105(9,10)37-21-29-73-45-65-53-81-65)58-111(93-109,87-103(5,6)35-19-27-71-43-63-51-79-63)99-114(90-106(11,12)38-22-30-74-46-66-54-82-66)59-112(97-109,88-104(7,8)36-20-28-72-44-64-52-80-64)95-115(98-110,91-107(13,14)39-23-31-75-47-67-55-83-67)60-116(96-114,100-113)92-108(15,16)40-24-32-76-48-68-56-84-68/h61-68H,17-60H2,1-16H3. The summed E-state index contributed by atoms with van der Waals surface area (Å²) in [6.45, 7) is 49.8. The van der Waals surface area contributed by atoms with E-state index in [2.05, 4.69) is 105 Å². The van der Waals surface area contributed by atoms with E-state index in [-0.39, 0.29) is 71.5 Å². The molecule has 0 spiro atoms. The highest BCUT2D eigenvalue weighted by Crippen LogP contribution is 2.58. The Balaban J connectivity index is 1.03. The van der Waals surface area contributed by atoms with Gasteiger partial charge in [-0.3, -0.25) is 0 Å².